The third kappa shape index (κ3) is 2.62. The van der Waals surface area contributed by atoms with Crippen molar-refractivity contribution in [2.24, 2.45) is 11.7 Å². The highest BCUT2D eigenvalue weighted by molar-refractivity contribution is 9.10. The lowest BCUT2D eigenvalue weighted by Crippen LogP contribution is -2.12. The lowest BCUT2D eigenvalue weighted by molar-refractivity contribution is 0.509. The Balaban J connectivity index is 2.32. The van der Waals surface area contributed by atoms with E-state index >= 15 is 0 Å². The number of benzene rings is 1. The van der Waals surface area contributed by atoms with Gasteiger partial charge >= 0.3 is 0 Å². The molecular formula is C12H15BrN2S. The van der Waals surface area contributed by atoms with Crippen LogP contribution >= 0.6 is 27.3 Å². The Morgan fingerprint density at radius 1 is 1.44 bits per heavy atom. The molecule has 1 atom stereocenters. The molecule has 0 fully saturated rings. The van der Waals surface area contributed by atoms with Crippen molar-refractivity contribution in [2.75, 3.05) is 0 Å². The van der Waals surface area contributed by atoms with E-state index in [2.05, 4.69) is 40.8 Å². The van der Waals surface area contributed by atoms with Gasteiger partial charge in [-0.2, -0.15) is 0 Å². The van der Waals surface area contributed by atoms with Crippen LogP contribution in [0.2, 0.25) is 0 Å². The Morgan fingerprint density at radius 2 is 2.19 bits per heavy atom. The summed E-state index contributed by atoms with van der Waals surface area (Å²) >= 11 is 5.15. The Hall–Kier alpha value is -0.450. The van der Waals surface area contributed by atoms with Crippen molar-refractivity contribution in [1.82, 2.24) is 4.98 Å². The lowest BCUT2D eigenvalue weighted by atomic mass is 10.1. The van der Waals surface area contributed by atoms with Crippen molar-refractivity contribution in [2.45, 2.75) is 26.3 Å². The standard InChI is InChI=1S/C12H15BrN2S/c1-7(2)5-9(14)12-15-10-6-8(13)3-4-11(10)16-12/h3-4,6-7,9H,5,14H2,1-2H3. The van der Waals surface area contributed by atoms with Crippen LogP contribution in [0.5, 0.6) is 0 Å². The first-order valence-electron chi connectivity index (χ1n) is 5.38. The highest BCUT2D eigenvalue weighted by Crippen LogP contribution is 2.29. The fraction of sp³-hybridized carbons (Fsp3) is 0.417. The SMILES string of the molecule is CC(C)CC(N)c1nc2cc(Br)ccc2s1. The summed E-state index contributed by atoms with van der Waals surface area (Å²) in [6.45, 7) is 4.37. The van der Waals surface area contributed by atoms with Gasteiger partial charge in [0.1, 0.15) is 5.01 Å². The summed E-state index contributed by atoms with van der Waals surface area (Å²) in [5.41, 5.74) is 7.17. The minimum absolute atomic E-state index is 0.0659. The first-order valence-corrected chi connectivity index (χ1v) is 6.99. The topological polar surface area (TPSA) is 38.9 Å². The molecule has 2 rings (SSSR count). The van der Waals surface area contributed by atoms with Crippen LogP contribution in [0.4, 0.5) is 0 Å². The molecule has 1 aromatic heterocycles. The molecule has 0 saturated carbocycles. The van der Waals surface area contributed by atoms with E-state index in [1.807, 2.05) is 12.1 Å². The maximum Gasteiger partial charge on any atom is 0.111 e. The van der Waals surface area contributed by atoms with Crippen LogP contribution in [0, 0.1) is 5.92 Å². The first-order chi connectivity index (χ1) is 7.56. The second-order valence-electron chi connectivity index (χ2n) is 4.40. The minimum atomic E-state index is 0.0659. The molecule has 0 aliphatic rings. The molecule has 0 spiro atoms. The molecule has 0 saturated heterocycles. The number of thiazole rings is 1. The summed E-state index contributed by atoms with van der Waals surface area (Å²) in [6.07, 6.45) is 0.987. The van der Waals surface area contributed by atoms with Gasteiger partial charge in [-0.25, -0.2) is 4.98 Å². The summed E-state index contributed by atoms with van der Waals surface area (Å²) < 4.78 is 2.27. The van der Waals surface area contributed by atoms with Crippen molar-refractivity contribution < 1.29 is 0 Å². The monoisotopic (exact) mass is 298 g/mol. The molecule has 1 unspecified atom stereocenters. The predicted molar refractivity (Wildman–Crippen MR) is 73.7 cm³/mol. The fourth-order valence-electron chi connectivity index (χ4n) is 1.69. The number of aromatic nitrogens is 1. The van der Waals surface area contributed by atoms with Crippen molar-refractivity contribution in [1.29, 1.82) is 0 Å². The molecule has 86 valence electrons. The third-order valence-electron chi connectivity index (χ3n) is 2.41. The summed E-state index contributed by atoms with van der Waals surface area (Å²) in [7, 11) is 0. The van der Waals surface area contributed by atoms with E-state index in [0.29, 0.717) is 5.92 Å². The highest BCUT2D eigenvalue weighted by atomic mass is 79.9. The van der Waals surface area contributed by atoms with E-state index in [9.17, 15) is 0 Å². The molecule has 0 bridgehead atoms. The number of halogens is 1. The van der Waals surface area contributed by atoms with Gasteiger partial charge in [0.05, 0.1) is 16.3 Å². The zero-order valence-corrected chi connectivity index (χ0v) is 11.8. The number of hydrogen-bond donors (Lipinski definition) is 1. The molecule has 0 aliphatic carbocycles. The van der Waals surface area contributed by atoms with E-state index < -0.39 is 0 Å². The summed E-state index contributed by atoms with van der Waals surface area (Å²) in [4.78, 5) is 4.59. The third-order valence-corrected chi connectivity index (χ3v) is 4.07. The van der Waals surface area contributed by atoms with E-state index in [4.69, 9.17) is 5.73 Å². The van der Waals surface area contributed by atoms with E-state index in [1.165, 1.54) is 4.70 Å². The molecule has 2 N–H and O–H groups in total. The normalized spacial score (nSPS) is 13.6. The number of nitrogens with two attached hydrogens (primary N) is 1. The molecular weight excluding hydrogens is 284 g/mol. The average Bonchev–Trinajstić information content (AvgIpc) is 2.59. The van der Waals surface area contributed by atoms with Crippen LogP contribution in [0.25, 0.3) is 10.2 Å². The van der Waals surface area contributed by atoms with Crippen molar-refractivity contribution in [3.05, 3.63) is 27.7 Å². The zero-order chi connectivity index (χ0) is 11.7. The summed E-state index contributed by atoms with van der Waals surface area (Å²) in [5, 5.41) is 1.04. The minimum Gasteiger partial charge on any atom is -0.322 e. The Bertz CT molecular complexity index is 493. The molecule has 0 aliphatic heterocycles. The molecule has 1 heterocycles. The molecule has 4 heteroatoms. The predicted octanol–water partition coefficient (Wildman–Crippen LogP) is 4.10. The fourth-order valence-corrected chi connectivity index (χ4v) is 3.00. The second kappa shape index (κ2) is 4.82. The number of nitrogens with zero attached hydrogens (tertiary/aromatic N) is 1. The number of rotatable bonds is 3. The van der Waals surface area contributed by atoms with Crippen molar-refractivity contribution in [3.63, 3.8) is 0 Å². The molecule has 2 nitrogen and oxygen atoms in total. The first kappa shape index (κ1) is 12.0. The van der Waals surface area contributed by atoms with E-state index in [1.54, 1.807) is 11.3 Å². The number of hydrogen-bond acceptors (Lipinski definition) is 3. The van der Waals surface area contributed by atoms with Crippen LogP contribution in [-0.2, 0) is 0 Å². The van der Waals surface area contributed by atoms with Gasteiger partial charge in [-0.15, -0.1) is 11.3 Å². The summed E-state index contributed by atoms with van der Waals surface area (Å²) in [6, 6.07) is 6.23. The highest BCUT2D eigenvalue weighted by Gasteiger charge is 2.13. The zero-order valence-electron chi connectivity index (χ0n) is 9.40. The van der Waals surface area contributed by atoms with Crippen molar-refractivity contribution >= 4 is 37.5 Å². The van der Waals surface area contributed by atoms with Gasteiger partial charge < -0.3 is 5.73 Å². The van der Waals surface area contributed by atoms with Crippen LogP contribution in [-0.4, -0.2) is 4.98 Å². The van der Waals surface area contributed by atoms with Crippen molar-refractivity contribution in [3.8, 4) is 0 Å². The van der Waals surface area contributed by atoms with Gasteiger partial charge in [0, 0.05) is 4.47 Å². The van der Waals surface area contributed by atoms with Crippen LogP contribution in [0.15, 0.2) is 22.7 Å². The molecule has 0 radical (unpaired) electrons. The maximum absolute atomic E-state index is 6.13. The van der Waals surface area contributed by atoms with E-state index in [-0.39, 0.29) is 6.04 Å². The largest absolute Gasteiger partial charge is 0.322 e. The van der Waals surface area contributed by atoms with Gasteiger partial charge in [0.15, 0.2) is 0 Å². The maximum atomic E-state index is 6.13. The lowest BCUT2D eigenvalue weighted by Gasteiger charge is -2.10. The molecule has 2 aromatic rings. The average molecular weight is 299 g/mol. The Morgan fingerprint density at radius 3 is 2.88 bits per heavy atom. The number of fused-ring (bicyclic) bond motifs is 1. The summed E-state index contributed by atoms with van der Waals surface area (Å²) in [5.74, 6) is 0.605. The Kier molecular flexibility index (Phi) is 3.62. The molecule has 0 amide bonds. The van der Waals surface area contributed by atoms with Gasteiger partial charge in [0.25, 0.3) is 0 Å². The van der Waals surface area contributed by atoms with Gasteiger partial charge in [-0.1, -0.05) is 29.8 Å². The van der Waals surface area contributed by atoms with Gasteiger partial charge in [-0.05, 0) is 30.5 Å². The van der Waals surface area contributed by atoms with Crippen LogP contribution in [0.3, 0.4) is 0 Å². The van der Waals surface area contributed by atoms with Crippen LogP contribution in [0.1, 0.15) is 31.3 Å². The van der Waals surface area contributed by atoms with E-state index in [0.717, 1.165) is 21.4 Å². The van der Waals surface area contributed by atoms with Gasteiger partial charge in [-0.3, -0.25) is 0 Å². The molecule has 1 aromatic carbocycles. The smallest absolute Gasteiger partial charge is 0.111 e. The Labute approximate surface area is 108 Å². The second-order valence-corrected chi connectivity index (χ2v) is 6.38. The van der Waals surface area contributed by atoms with Gasteiger partial charge in [0.2, 0.25) is 0 Å². The molecule has 16 heavy (non-hydrogen) atoms. The van der Waals surface area contributed by atoms with Crippen LogP contribution < -0.4 is 5.73 Å². The quantitative estimate of drug-likeness (QED) is 0.926.